The van der Waals surface area contributed by atoms with Crippen LogP contribution in [0.1, 0.15) is 43.2 Å². The molecule has 4 N–H and O–H groups in total. The number of carboxylic acid groups (broad SMARTS) is 1. The highest BCUT2D eigenvalue weighted by molar-refractivity contribution is 6.08. The number of carbonyl (C=O) groups is 1. The fourth-order valence-corrected chi connectivity index (χ4v) is 4.82. The zero-order valence-electron chi connectivity index (χ0n) is 22.3. The number of anilines is 3. The van der Waals surface area contributed by atoms with Crippen LogP contribution < -0.4 is 10.6 Å². The number of aliphatic hydroxyl groups is 1. The molecule has 194 valence electrons. The number of aryl methyl sites for hydroxylation is 2. The lowest BCUT2D eigenvalue weighted by Crippen LogP contribution is -2.30. The summed E-state index contributed by atoms with van der Waals surface area (Å²) in [4.78, 5) is 22.9. The van der Waals surface area contributed by atoms with Crippen molar-refractivity contribution in [1.82, 2.24) is 14.5 Å². The third-order valence-corrected chi connectivity index (χ3v) is 6.29. The fourth-order valence-electron chi connectivity index (χ4n) is 4.82. The maximum atomic E-state index is 11.9. The summed E-state index contributed by atoms with van der Waals surface area (Å²) < 4.78 is 2.31. The molecule has 0 saturated carbocycles. The summed E-state index contributed by atoms with van der Waals surface area (Å²) >= 11 is 0. The van der Waals surface area contributed by atoms with Crippen LogP contribution >= 0.6 is 0 Å². The van der Waals surface area contributed by atoms with E-state index in [0.29, 0.717) is 18.2 Å². The van der Waals surface area contributed by atoms with Crippen LogP contribution in [-0.2, 0) is 17.8 Å². The molecule has 2 aromatic heterocycles. The maximum Gasteiger partial charge on any atom is 0.307 e. The standard InChI is InChI=1S/C25H25N5O2.C4H10O/c1-14-4-6-17(7-5-14)22-19(11-21(31)32)16(3)23-24-20(22)10-15(2)29(24)8-9-30(23)25-27-12-18(26)13-28-25;1-4(2,3)5/h4-7,10,12-13H,8-9,11,26H2,1-3H3,(H,31,32);5H,1-3H3. The van der Waals surface area contributed by atoms with E-state index in [9.17, 15) is 9.90 Å². The summed E-state index contributed by atoms with van der Waals surface area (Å²) in [6, 6.07) is 10.5. The third-order valence-electron chi connectivity index (χ3n) is 6.29. The predicted molar refractivity (Wildman–Crippen MR) is 148 cm³/mol. The first kappa shape index (κ1) is 26.2. The van der Waals surface area contributed by atoms with Crippen molar-refractivity contribution in [3.8, 4) is 11.1 Å². The van der Waals surface area contributed by atoms with Gasteiger partial charge in [0.15, 0.2) is 0 Å². The Kier molecular flexibility index (Phi) is 6.97. The topological polar surface area (TPSA) is 118 Å². The van der Waals surface area contributed by atoms with Gasteiger partial charge in [-0.1, -0.05) is 29.8 Å². The second-order valence-corrected chi connectivity index (χ2v) is 10.6. The minimum absolute atomic E-state index is 0.0569. The number of nitrogen functional groups attached to an aromatic ring is 1. The molecule has 4 aromatic rings. The largest absolute Gasteiger partial charge is 0.481 e. The van der Waals surface area contributed by atoms with Crippen molar-refractivity contribution in [3.05, 3.63) is 65.1 Å². The van der Waals surface area contributed by atoms with Crippen molar-refractivity contribution in [1.29, 1.82) is 0 Å². The Balaban J connectivity index is 0.000000586. The Morgan fingerprint density at radius 1 is 1.05 bits per heavy atom. The molecule has 0 radical (unpaired) electrons. The summed E-state index contributed by atoms with van der Waals surface area (Å²) in [6.07, 6.45) is 3.15. The van der Waals surface area contributed by atoms with Gasteiger partial charge in [-0.2, -0.15) is 0 Å². The van der Waals surface area contributed by atoms with E-state index < -0.39 is 11.6 Å². The second kappa shape index (κ2) is 9.86. The van der Waals surface area contributed by atoms with Crippen LogP contribution in [0.15, 0.2) is 42.7 Å². The van der Waals surface area contributed by atoms with Crippen LogP contribution in [0.2, 0.25) is 0 Å². The molecule has 5 rings (SSSR count). The van der Waals surface area contributed by atoms with Gasteiger partial charge >= 0.3 is 5.97 Å². The SMILES string of the molecule is CC(C)(C)O.Cc1ccc(-c2c(CC(=O)O)c(C)c3c4c2cc(C)n4CCN3c2ncc(N)cn2)cc1. The van der Waals surface area contributed by atoms with Gasteiger partial charge in [-0.25, -0.2) is 9.97 Å². The molecule has 0 aliphatic carbocycles. The minimum Gasteiger partial charge on any atom is -0.481 e. The number of aromatic nitrogens is 3. The van der Waals surface area contributed by atoms with Gasteiger partial charge in [0, 0.05) is 24.2 Å². The Bertz CT molecular complexity index is 1440. The molecule has 8 heteroatoms. The average Bonchev–Trinajstić information content (AvgIpc) is 3.14. The zero-order valence-corrected chi connectivity index (χ0v) is 22.3. The molecule has 0 fully saturated rings. The van der Waals surface area contributed by atoms with Crippen LogP contribution in [0.4, 0.5) is 17.3 Å². The van der Waals surface area contributed by atoms with E-state index in [1.54, 1.807) is 33.2 Å². The van der Waals surface area contributed by atoms with Crippen LogP contribution in [0.25, 0.3) is 22.0 Å². The molecule has 0 atom stereocenters. The number of benzene rings is 2. The van der Waals surface area contributed by atoms with E-state index in [2.05, 4.69) is 63.6 Å². The Morgan fingerprint density at radius 3 is 2.22 bits per heavy atom. The van der Waals surface area contributed by atoms with Gasteiger partial charge in [0.1, 0.15) is 0 Å². The van der Waals surface area contributed by atoms with Crippen LogP contribution in [0.5, 0.6) is 0 Å². The first-order valence-corrected chi connectivity index (χ1v) is 12.4. The monoisotopic (exact) mass is 501 g/mol. The van der Waals surface area contributed by atoms with Gasteiger partial charge in [-0.05, 0) is 69.9 Å². The number of nitrogens with two attached hydrogens (primary N) is 1. The minimum atomic E-state index is -0.852. The fraction of sp³-hybridized carbons (Fsp3) is 0.345. The van der Waals surface area contributed by atoms with Crippen molar-refractivity contribution in [2.75, 3.05) is 17.2 Å². The highest BCUT2D eigenvalue weighted by atomic mass is 16.4. The molecule has 0 amide bonds. The lowest BCUT2D eigenvalue weighted by Gasteiger charge is -2.32. The van der Waals surface area contributed by atoms with Gasteiger partial charge < -0.3 is 25.4 Å². The van der Waals surface area contributed by atoms with Gasteiger partial charge in [0.25, 0.3) is 0 Å². The Morgan fingerprint density at radius 2 is 1.65 bits per heavy atom. The van der Waals surface area contributed by atoms with Crippen molar-refractivity contribution >= 4 is 34.2 Å². The van der Waals surface area contributed by atoms with Gasteiger partial charge in [-0.3, -0.25) is 4.79 Å². The van der Waals surface area contributed by atoms with Gasteiger partial charge in [-0.15, -0.1) is 0 Å². The maximum absolute atomic E-state index is 11.9. The molecular formula is C29H35N5O3. The smallest absolute Gasteiger partial charge is 0.307 e. The summed E-state index contributed by atoms with van der Waals surface area (Å²) in [5, 5.41) is 19.4. The first-order valence-electron chi connectivity index (χ1n) is 12.4. The molecule has 0 saturated heterocycles. The van der Waals surface area contributed by atoms with Gasteiger partial charge in [0.05, 0.1) is 41.3 Å². The molecule has 2 aromatic carbocycles. The van der Waals surface area contributed by atoms with E-state index in [1.807, 2.05) is 6.92 Å². The summed E-state index contributed by atoms with van der Waals surface area (Å²) in [5.74, 6) is -0.284. The number of carboxylic acids is 1. The van der Waals surface area contributed by atoms with E-state index in [4.69, 9.17) is 10.8 Å². The molecule has 3 heterocycles. The van der Waals surface area contributed by atoms with Crippen LogP contribution in [0.3, 0.4) is 0 Å². The molecule has 8 nitrogen and oxygen atoms in total. The summed E-state index contributed by atoms with van der Waals surface area (Å²) in [6.45, 7) is 12.9. The van der Waals surface area contributed by atoms with Crippen molar-refractivity contribution in [3.63, 3.8) is 0 Å². The van der Waals surface area contributed by atoms with Crippen molar-refractivity contribution < 1.29 is 15.0 Å². The number of hydrogen-bond donors (Lipinski definition) is 3. The summed E-state index contributed by atoms with van der Waals surface area (Å²) in [5.41, 5.74) is 14.0. The van der Waals surface area contributed by atoms with E-state index in [1.165, 1.54) is 5.56 Å². The third kappa shape index (κ3) is 5.44. The quantitative estimate of drug-likeness (QED) is 0.353. The molecule has 1 aliphatic heterocycles. The molecule has 0 bridgehead atoms. The zero-order chi connectivity index (χ0) is 27.1. The van der Waals surface area contributed by atoms with E-state index in [-0.39, 0.29) is 6.42 Å². The van der Waals surface area contributed by atoms with E-state index >= 15 is 0 Å². The first-order chi connectivity index (χ1) is 17.3. The average molecular weight is 502 g/mol. The van der Waals surface area contributed by atoms with Gasteiger partial charge in [0.2, 0.25) is 5.95 Å². The van der Waals surface area contributed by atoms with Crippen molar-refractivity contribution in [2.24, 2.45) is 0 Å². The van der Waals surface area contributed by atoms with E-state index in [0.717, 1.165) is 51.1 Å². The number of rotatable bonds is 4. The molecule has 37 heavy (non-hydrogen) atoms. The Labute approximate surface area is 217 Å². The lowest BCUT2D eigenvalue weighted by atomic mass is 9.88. The summed E-state index contributed by atoms with van der Waals surface area (Å²) in [7, 11) is 0. The van der Waals surface area contributed by atoms with Crippen LogP contribution in [0, 0.1) is 20.8 Å². The highest BCUT2D eigenvalue weighted by Crippen LogP contribution is 2.46. The lowest BCUT2D eigenvalue weighted by molar-refractivity contribution is -0.136. The molecule has 0 unspecified atom stereocenters. The van der Waals surface area contributed by atoms with Crippen molar-refractivity contribution in [2.45, 2.75) is 60.1 Å². The molecular weight excluding hydrogens is 466 g/mol. The Hall–Kier alpha value is -3.91. The molecule has 1 aliphatic rings. The number of nitrogens with zero attached hydrogens (tertiary/aromatic N) is 4. The number of aliphatic carboxylic acids is 1. The van der Waals surface area contributed by atoms with Crippen LogP contribution in [-0.4, -0.2) is 42.9 Å². The predicted octanol–water partition coefficient (Wildman–Crippen LogP) is 5.16. The number of hydrogen-bond acceptors (Lipinski definition) is 6. The second-order valence-electron chi connectivity index (χ2n) is 10.6. The molecule has 0 spiro atoms. The normalized spacial score (nSPS) is 12.9. The highest BCUT2D eigenvalue weighted by Gasteiger charge is 2.30.